The predicted molar refractivity (Wildman–Crippen MR) is 52.1 cm³/mol. The van der Waals surface area contributed by atoms with Crippen LogP contribution in [-0.4, -0.2) is 10.1 Å². The van der Waals surface area contributed by atoms with Gasteiger partial charge in [-0.3, -0.25) is 4.98 Å². The van der Waals surface area contributed by atoms with Crippen LogP contribution in [0.3, 0.4) is 0 Å². The van der Waals surface area contributed by atoms with Gasteiger partial charge >= 0.3 is 5.63 Å². The van der Waals surface area contributed by atoms with Crippen molar-refractivity contribution >= 4 is 21.8 Å². The highest BCUT2D eigenvalue weighted by Crippen LogP contribution is 2.21. The first-order chi connectivity index (χ1) is 7.27. The summed E-state index contributed by atoms with van der Waals surface area (Å²) in [5, 5.41) is 3.33. The minimum Gasteiger partial charge on any atom is -0.338 e. The van der Waals surface area contributed by atoms with E-state index in [0.29, 0.717) is 16.3 Å². The van der Waals surface area contributed by atoms with Gasteiger partial charge in [0.15, 0.2) is 0 Å². The molecule has 0 fully saturated rings. The van der Waals surface area contributed by atoms with Gasteiger partial charge in [0.25, 0.3) is 0 Å². The number of benzene rings is 1. The number of rotatable bonds is 0. The Morgan fingerprint density at radius 1 is 1.33 bits per heavy atom. The third kappa shape index (κ3) is 0.999. The van der Waals surface area contributed by atoms with Gasteiger partial charge in [-0.25, -0.2) is 14.3 Å². The molecule has 15 heavy (non-hydrogen) atoms. The van der Waals surface area contributed by atoms with Crippen LogP contribution in [0.15, 0.2) is 33.7 Å². The number of aromatic nitrogens is 2. The smallest absolute Gasteiger partial charge is 0.338 e. The second-order valence-corrected chi connectivity index (χ2v) is 3.17. The summed E-state index contributed by atoms with van der Waals surface area (Å²) in [4.78, 5) is 15.1. The van der Waals surface area contributed by atoms with Gasteiger partial charge in [0, 0.05) is 11.6 Å². The van der Waals surface area contributed by atoms with Gasteiger partial charge in [0.05, 0.1) is 5.52 Å². The predicted octanol–water partition coefficient (Wildman–Crippen LogP) is 1.81. The SMILES string of the molecule is O=c1o[nH]c2c1cnc1c(F)cccc12. The second-order valence-electron chi connectivity index (χ2n) is 3.17. The van der Waals surface area contributed by atoms with Gasteiger partial charge in [-0.05, 0) is 6.07 Å². The fourth-order valence-corrected chi connectivity index (χ4v) is 1.60. The van der Waals surface area contributed by atoms with Gasteiger partial charge in [-0.15, -0.1) is 0 Å². The molecular weight excluding hydrogens is 199 g/mol. The third-order valence-electron chi connectivity index (χ3n) is 2.31. The summed E-state index contributed by atoms with van der Waals surface area (Å²) in [5.41, 5.74) is 0.204. The quantitative estimate of drug-likeness (QED) is 0.607. The molecule has 2 heterocycles. The van der Waals surface area contributed by atoms with Crippen molar-refractivity contribution in [2.24, 2.45) is 0 Å². The number of hydrogen-bond donors (Lipinski definition) is 1. The average Bonchev–Trinajstić information content (AvgIpc) is 2.61. The van der Waals surface area contributed by atoms with Crippen LogP contribution in [0.1, 0.15) is 0 Å². The lowest BCUT2D eigenvalue weighted by molar-refractivity contribution is 0.400. The van der Waals surface area contributed by atoms with Crippen molar-refractivity contribution in [3.05, 3.63) is 40.6 Å². The van der Waals surface area contributed by atoms with Crippen LogP contribution in [0.5, 0.6) is 0 Å². The normalized spacial score (nSPS) is 11.3. The van der Waals surface area contributed by atoms with Crippen LogP contribution < -0.4 is 5.63 Å². The number of nitrogens with zero attached hydrogens (tertiary/aromatic N) is 1. The van der Waals surface area contributed by atoms with E-state index < -0.39 is 11.4 Å². The van der Waals surface area contributed by atoms with Crippen molar-refractivity contribution in [3.8, 4) is 0 Å². The molecule has 0 aliphatic rings. The Morgan fingerprint density at radius 3 is 3.07 bits per heavy atom. The van der Waals surface area contributed by atoms with E-state index in [1.807, 2.05) is 0 Å². The Labute approximate surface area is 82.3 Å². The van der Waals surface area contributed by atoms with Gasteiger partial charge in [-0.2, -0.15) is 0 Å². The number of fused-ring (bicyclic) bond motifs is 3. The van der Waals surface area contributed by atoms with Crippen LogP contribution in [0, 0.1) is 5.82 Å². The maximum atomic E-state index is 13.3. The minimum absolute atomic E-state index is 0.224. The first-order valence-corrected chi connectivity index (χ1v) is 4.32. The van der Waals surface area contributed by atoms with E-state index in [0.717, 1.165) is 0 Å². The van der Waals surface area contributed by atoms with E-state index in [2.05, 4.69) is 14.7 Å². The molecule has 2 aromatic heterocycles. The standard InChI is InChI=1S/C10H5FN2O2/c11-7-3-1-2-5-8-6(4-12-9(5)7)10(14)15-13-8/h1-4,13H. The highest BCUT2D eigenvalue weighted by molar-refractivity contribution is 6.02. The monoisotopic (exact) mass is 204 g/mol. The summed E-state index contributed by atoms with van der Waals surface area (Å²) in [6.45, 7) is 0. The molecule has 4 nitrogen and oxygen atoms in total. The summed E-state index contributed by atoms with van der Waals surface area (Å²) >= 11 is 0. The number of aromatic amines is 1. The van der Waals surface area contributed by atoms with Gasteiger partial charge in [0.2, 0.25) is 0 Å². The number of para-hydroxylation sites is 1. The number of pyridine rings is 1. The lowest BCUT2D eigenvalue weighted by Crippen LogP contribution is -1.92. The van der Waals surface area contributed by atoms with Crippen molar-refractivity contribution in [2.75, 3.05) is 0 Å². The maximum Gasteiger partial charge on any atom is 0.366 e. The summed E-state index contributed by atoms with van der Waals surface area (Å²) in [6, 6.07) is 4.56. The molecule has 5 heteroatoms. The van der Waals surface area contributed by atoms with Crippen molar-refractivity contribution in [1.29, 1.82) is 0 Å². The Hall–Kier alpha value is -2.17. The first kappa shape index (κ1) is 8.16. The third-order valence-corrected chi connectivity index (χ3v) is 2.31. The molecule has 0 saturated carbocycles. The van der Waals surface area contributed by atoms with Crippen LogP contribution in [-0.2, 0) is 0 Å². The largest absolute Gasteiger partial charge is 0.366 e. The molecule has 0 amide bonds. The molecule has 0 radical (unpaired) electrons. The molecular formula is C10H5FN2O2. The summed E-state index contributed by atoms with van der Waals surface area (Å²) in [6.07, 6.45) is 1.31. The van der Waals surface area contributed by atoms with E-state index in [1.54, 1.807) is 12.1 Å². The van der Waals surface area contributed by atoms with Crippen LogP contribution >= 0.6 is 0 Å². The zero-order valence-corrected chi connectivity index (χ0v) is 7.45. The Kier molecular flexibility index (Phi) is 1.45. The zero-order valence-electron chi connectivity index (χ0n) is 7.45. The maximum absolute atomic E-state index is 13.3. The van der Waals surface area contributed by atoms with Crippen molar-refractivity contribution in [3.63, 3.8) is 0 Å². The molecule has 1 N–H and O–H groups in total. The lowest BCUT2D eigenvalue weighted by Gasteiger charge is -1.97. The second kappa shape index (κ2) is 2.66. The fraction of sp³-hybridized carbons (Fsp3) is 0. The number of nitrogens with one attached hydrogen (secondary N) is 1. The van der Waals surface area contributed by atoms with Crippen LogP contribution in [0.25, 0.3) is 21.8 Å². The van der Waals surface area contributed by atoms with Crippen LogP contribution in [0.2, 0.25) is 0 Å². The molecule has 0 atom stereocenters. The highest BCUT2D eigenvalue weighted by Gasteiger charge is 2.10. The van der Waals surface area contributed by atoms with E-state index in [1.165, 1.54) is 12.3 Å². The average molecular weight is 204 g/mol. The Balaban J connectivity index is 2.66. The molecule has 0 unspecified atom stereocenters. The topological polar surface area (TPSA) is 58.9 Å². The molecule has 0 bridgehead atoms. The van der Waals surface area contributed by atoms with E-state index >= 15 is 0 Å². The summed E-state index contributed by atoms with van der Waals surface area (Å²) < 4.78 is 18.0. The molecule has 0 spiro atoms. The molecule has 0 aliphatic heterocycles. The first-order valence-electron chi connectivity index (χ1n) is 4.32. The Morgan fingerprint density at radius 2 is 2.20 bits per heavy atom. The number of halogens is 1. The van der Waals surface area contributed by atoms with Crippen molar-refractivity contribution < 1.29 is 8.91 Å². The molecule has 1 aromatic carbocycles. The van der Waals surface area contributed by atoms with E-state index in [9.17, 15) is 9.18 Å². The lowest BCUT2D eigenvalue weighted by atomic mass is 10.1. The Bertz CT molecular complexity index is 714. The number of H-pyrrole nitrogens is 1. The molecule has 3 rings (SSSR count). The van der Waals surface area contributed by atoms with Gasteiger partial charge in [0.1, 0.15) is 16.7 Å². The summed E-state index contributed by atoms with van der Waals surface area (Å²) in [5.74, 6) is -0.420. The van der Waals surface area contributed by atoms with Crippen LogP contribution in [0.4, 0.5) is 4.39 Å². The van der Waals surface area contributed by atoms with E-state index in [-0.39, 0.29) is 5.52 Å². The zero-order chi connectivity index (χ0) is 10.4. The molecule has 3 aromatic rings. The van der Waals surface area contributed by atoms with Gasteiger partial charge < -0.3 is 4.52 Å². The summed E-state index contributed by atoms with van der Waals surface area (Å²) in [7, 11) is 0. The highest BCUT2D eigenvalue weighted by atomic mass is 19.1. The van der Waals surface area contributed by atoms with E-state index in [4.69, 9.17) is 0 Å². The van der Waals surface area contributed by atoms with Crippen molar-refractivity contribution in [1.82, 2.24) is 10.1 Å². The van der Waals surface area contributed by atoms with Crippen molar-refractivity contribution in [2.45, 2.75) is 0 Å². The number of hydrogen-bond acceptors (Lipinski definition) is 3. The molecule has 74 valence electrons. The molecule has 0 aliphatic carbocycles. The van der Waals surface area contributed by atoms with Gasteiger partial charge in [-0.1, -0.05) is 12.1 Å². The fourth-order valence-electron chi connectivity index (χ4n) is 1.60. The molecule has 0 saturated heterocycles. The minimum atomic E-state index is -0.497.